The zero-order chi connectivity index (χ0) is 30.1. The van der Waals surface area contributed by atoms with Crippen LogP contribution in [0.15, 0.2) is 55.6 Å². The summed E-state index contributed by atoms with van der Waals surface area (Å²) in [5.74, 6) is -1.70. The first-order chi connectivity index (χ1) is 19.5. The molecule has 4 rings (SSSR count). The van der Waals surface area contributed by atoms with E-state index in [1.807, 2.05) is 56.0 Å². The summed E-state index contributed by atoms with van der Waals surface area (Å²) in [5.41, 5.74) is 0.763. The quantitative estimate of drug-likeness (QED) is 0.335. The highest BCUT2D eigenvalue weighted by molar-refractivity contribution is 8.02. The average Bonchev–Trinajstić information content (AvgIpc) is 3.51. The van der Waals surface area contributed by atoms with Gasteiger partial charge in [-0.2, -0.15) is 0 Å². The molecule has 0 aromatic heterocycles. The molecule has 2 bridgehead atoms. The zero-order valence-corrected chi connectivity index (χ0v) is 26.1. The van der Waals surface area contributed by atoms with Crippen molar-refractivity contribution < 1.29 is 19.5 Å². The number of benzene rings is 1. The second kappa shape index (κ2) is 12.3. The Bertz CT molecular complexity index is 1160. The lowest BCUT2D eigenvalue weighted by atomic mass is 9.66. The Morgan fingerprint density at radius 1 is 1.12 bits per heavy atom. The van der Waals surface area contributed by atoms with Crippen molar-refractivity contribution in [3.8, 4) is 0 Å². The van der Waals surface area contributed by atoms with E-state index in [0.717, 1.165) is 24.9 Å². The van der Waals surface area contributed by atoms with Crippen molar-refractivity contribution in [2.45, 2.75) is 87.9 Å². The van der Waals surface area contributed by atoms with Gasteiger partial charge in [-0.05, 0) is 51.2 Å². The molecule has 3 saturated heterocycles. The molecule has 1 N–H and O–H groups in total. The number of likely N-dealkylation sites (tertiary alicyclic amines) is 1. The van der Waals surface area contributed by atoms with E-state index in [1.165, 1.54) is 0 Å². The first-order valence-electron chi connectivity index (χ1n) is 15.0. The number of thioether (sulfide) groups is 1. The molecule has 3 amide bonds. The molecular formula is C33H47N3O4S. The lowest BCUT2D eigenvalue weighted by molar-refractivity contribution is -0.147. The van der Waals surface area contributed by atoms with E-state index in [-0.39, 0.29) is 36.3 Å². The minimum atomic E-state index is -0.756. The van der Waals surface area contributed by atoms with E-state index >= 15 is 0 Å². The number of fused-ring (bicyclic) bond motifs is 1. The summed E-state index contributed by atoms with van der Waals surface area (Å²) in [7, 11) is 0. The first kappa shape index (κ1) is 31.4. The Morgan fingerprint density at radius 3 is 2.34 bits per heavy atom. The second-order valence-electron chi connectivity index (χ2n) is 12.5. The molecule has 3 fully saturated rings. The van der Waals surface area contributed by atoms with Gasteiger partial charge in [0.05, 0.1) is 29.2 Å². The number of aliphatic hydroxyl groups is 1. The number of hydrogen-bond donors (Lipinski definition) is 1. The maximum atomic E-state index is 14.7. The Labute approximate surface area is 250 Å². The molecule has 3 aliphatic rings. The molecule has 3 unspecified atom stereocenters. The van der Waals surface area contributed by atoms with Gasteiger partial charge in [0.25, 0.3) is 0 Å². The fourth-order valence-electron chi connectivity index (χ4n) is 7.58. The maximum Gasteiger partial charge on any atom is 0.247 e. The summed E-state index contributed by atoms with van der Waals surface area (Å²) in [6.45, 7) is 18.5. The highest BCUT2D eigenvalue weighted by Crippen LogP contribution is 2.72. The molecule has 1 spiro atoms. The van der Waals surface area contributed by atoms with Crippen molar-refractivity contribution in [1.82, 2.24) is 9.80 Å². The Morgan fingerprint density at radius 2 is 1.78 bits per heavy atom. The smallest absolute Gasteiger partial charge is 0.247 e. The molecule has 0 radical (unpaired) electrons. The fourth-order valence-corrected chi connectivity index (χ4v) is 9.91. The van der Waals surface area contributed by atoms with E-state index < -0.39 is 33.4 Å². The normalized spacial score (nSPS) is 29.8. The van der Waals surface area contributed by atoms with Gasteiger partial charge < -0.3 is 19.8 Å². The summed E-state index contributed by atoms with van der Waals surface area (Å²) < 4.78 is -1.23. The molecular weight excluding hydrogens is 534 g/mol. The predicted octanol–water partition coefficient (Wildman–Crippen LogP) is 4.91. The number of aliphatic hydroxyl groups excluding tert-OH is 1. The molecule has 3 heterocycles. The molecule has 0 saturated carbocycles. The highest BCUT2D eigenvalue weighted by atomic mass is 32.2. The summed E-state index contributed by atoms with van der Waals surface area (Å²) in [6.07, 6.45) is 6.63. The number of amides is 3. The number of anilines is 1. The standard InChI is InChI=1S/C33H47N3O4S/c1-8-14-23(6)34(19-9-2)31(40)28-33-18-17-32(7,41-33)26(27(33)30(39)36(28)25(21-37)22(4)5)29(38)35(20-10-3)24-15-12-11-13-16-24/h9-13,15-16,22-23,25-28,37H,2-3,8,14,17-21H2,1,4-7H3/t23?,25-,26+,27-,28?,32-,33?/m0/s1. The summed E-state index contributed by atoms with van der Waals surface area (Å²) >= 11 is 1.67. The van der Waals surface area contributed by atoms with Crippen molar-refractivity contribution in [2.75, 3.05) is 24.6 Å². The van der Waals surface area contributed by atoms with Crippen LogP contribution in [0.25, 0.3) is 0 Å². The number of rotatable bonds is 13. The number of carbonyl (C=O) groups excluding carboxylic acids is 3. The number of para-hydroxylation sites is 1. The third kappa shape index (κ3) is 5.16. The molecule has 1 aromatic carbocycles. The molecule has 7 atom stereocenters. The minimum Gasteiger partial charge on any atom is -0.394 e. The van der Waals surface area contributed by atoms with E-state index in [1.54, 1.807) is 33.7 Å². The molecule has 3 aliphatic heterocycles. The molecule has 8 heteroatoms. The van der Waals surface area contributed by atoms with Gasteiger partial charge in [0.1, 0.15) is 6.04 Å². The molecule has 41 heavy (non-hydrogen) atoms. The van der Waals surface area contributed by atoms with Crippen LogP contribution in [0.4, 0.5) is 5.69 Å². The minimum absolute atomic E-state index is 0.0256. The third-order valence-corrected chi connectivity index (χ3v) is 11.5. The zero-order valence-electron chi connectivity index (χ0n) is 25.3. The van der Waals surface area contributed by atoms with Gasteiger partial charge in [0, 0.05) is 29.6 Å². The van der Waals surface area contributed by atoms with E-state index in [2.05, 4.69) is 27.0 Å². The van der Waals surface area contributed by atoms with Crippen molar-refractivity contribution in [3.63, 3.8) is 0 Å². The van der Waals surface area contributed by atoms with Crippen LogP contribution in [0, 0.1) is 17.8 Å². The van der Waals surface area contributed by atoms with Crippen LogP contribution in [0.3, 0.4) is 0 Å². The maximum absolute atomic E-state index is 14.7. The van der Waals surface area contributed by atoms with Gasteiger partial charge in [-0.25, -0.2) is 0 Å². The van der Waals surface area contributed by atoms with Crippen LogP contribution in [-0.2, 0) is 14.4 Å². The predicted molar refractivity (Wildman–Crippen MR) is 167 cm³/mol. The second-order valence-corrected chi connectivity index (χ2v) is 14.4. The van der Waals surface area contributed by atoms with Crippen molar-refractivity contribution in [1.29, 1.82) is 0 Å². The number of nitrogens with zero attached hydrogens (tertiary/aromatic N) is 3. The molecule has 7 nitrogen and oxygen atoms in total. The Kier molecular flexibility index (Phi) is 9.44. The lowest BCUT2D eigenvalue weighted by Gasteiger charge is -2.42. The molecule has 1 aromatic rings. The summed E-state index contributed by atoms with van der Waals surface area (Å²) in [4.78, 5) is 49.2. The monoisotopic (exact) mass is 581 g/mol. The van der Waals surface area contributed by atoms with Crippen LogP contribution in [-0.4, -0.2) is 79.9 Å². The van der Waals surface area contributed by atoms with Crippen LogP contribution in [0.2, 0.25) is 0 Å². The Hall–Kier alpha value is -2.58. The van der Waals surface area contributed by atoms with Gasteiger partial charge in [0.2, 0.25) is 17.7 Å². The van der Waals surface area contributed by atoms with Crippen molar-refractivity contribution in [2.24, 2.45) is 17.8 Å². The molecule has 224 valence electrons. The van der Waals surface area contributed by atoms with E-state index in [0.29, 0.717) is 19.5 Å². The summed E-state index contributed by atoms with van der Waals surface area (Å²) in [5, 5.41) is 10.5. The van der Waals surface area contributed by atoms with E-state index in [9.17, 15) is 19.5 Å². The average molecular weight is 582 g/mol. The lowest BCUT2D eigenvalue weighted by Crippen LogP contribution is -2.59. The van der Waals surface area contributed by atoms with Crippen molar-refractivity contribution in [3.05, 3.63) is 55.6 Å². The molecule has 0 aliphatic carbocycles. The van der Waals surface area contributed by atoms with Gasteiger partial charge >= 0.3 is 0 Å². The topological polar surface area (TPSA) is 81.2 Å². The Balaban J connectivity index is 1.85. The van der Waals surface area contributed by atoms with Crippen LogP contribution >= 0.6 is 11.8 Å². The van der Waals surface area contributed by atoms with Crippen LogP contribution in [0.1, 0.15) is 60.3 Å². The highest BCUT2D eigenvalue weighted by Gasteiger charge is 2.78. The third-order valence-electron chi connectivity index (χ3n) is 9.52. The van der Waals surface area contributed by atoms with Gasteiger partial charge in [-0.3, -0.25) is 14.4 Å². The van der Waals surface area contributed by atoms with Crippen LogP contribution < -0.4 is 4.90 Å². The van der Waals surface area contributed by atoms with Crippen molar-refractivity contribution >= 4 is 35.2 Å². The van der Waals surface area contributed by atoms with Gasteiger partial charge in [-0.15, -0.1) is 24.9 Å². The number of carbonyl (C=O) groups is 3. The van der Waals surface area contributed by atoms with Gasteiger partial charge in [-0.1, -0.05) is 57.5 Å². The van der Waals surface area contributed by atoms with Crippen LogP contribution in [0.5, 0.6) is 0 Å². The first-order valence-corrected chi connectivity index (χ1v) is 15.9. The van der Waals surface area contributed by atoms with Gasteiger partial charge in [0.15, 0.2) is 0 Å². The largest absolute Gasteiger partial charge is 0.394 e. The number of hydrogen-bond acceptors (Lipinski definition) is 5. The van der Waals surface area contributed by atoms with E-state index in [4.69, 9.17) is 0 Å². The fraction of sp³-hybridized carbons (Fsp3) is 0.606. The summed E-state index contributed by atoms with van der Waals surface area (Å²) in [6, 6.07) is 8.20. The SMILES string of the molecule is C=CCN(C(=O)[C@H]1[C@H]2C(=O)N([C@@H](CO)C(C)C)C(C(=O)N(CC=C)C(C)CCC)C23CC[C@]1(C)S3)c1ccccc1.